The number of ether oxygens (including phenoxy) is 1. The summed E-state index contributed by atoms with van der Waals surface area (Å²) in [7, 11) is 0. The van der Waals surface area contributed by atoms with Crippen molar-refractivity contribution >= 4 is 55.9 Å². The summed E-state index contributed by atoms with van der Waals surface area (Å²) >= 11 is 0. The first kappa shape index (κ1) is 57.3. The molecule has 83 heavy (non-hydrogen) atoms. The predicted octanol–water partition coefficient (Wildman–Crippen LogP) is 8.06. The Labute approximate surface area is 485 Å². The number of aliphatic hydroxyl groups is 4. The number of nitrogen functional groups attached to an aromatic ring is 2. The third-order valence-corrected chi connectivity index (χ3v) is 19.4. The standard InChI is InChI=1S/C33H45N7O2.C30H42N8O3/c1-33(2,3)21-8-9-25-26(16-21)38-28(37-25)10-7-19-13-23(14-19)40(22-5-4-6-22)17-20-15-27(30(42)29(20)41)39-12-11-24-31(34)35-18-36-32(24)39;1-16(2)37(13-22-25(39)26(40)29(41-22)38-15-34-24-27(31)32-14-33-28(24)38)19-10-17(11-19)6-9-23-35-20-8-7-18(30(3,4)5)12-21(20)36-23/h8-9,11-12,16,18-20,22-23,27,29-30,41-42H,4-7,10,13-15,17H2,1-3H3,(H,37,38)(H2,34,35,36);7-8,12,14-17,19,22,25-26,29,39-40H,6,9-11,13H2,1-5H3,(H,35,36)(H2,31,32,33)/t19?,20-,23?,27-,29-,30+;17?,19?,22-,25-,26-,29-/m11/s1. The zero-order valence-corrected chi connectivity index (χ0v) is 49.6. The molecule has 4 aliphatic carbocycles. The van der Waals surface area contributed by atoms with Crippen molar-refractivity contribution in [2.45, 2.75) is 210 Å². The van der Waals surface area contributed by atoms with E-state index < -0.39 is 36.7 Å². The minimum atomic E-state index is -1.11. The van der Waals surface area contributed by atoms with E-state index in [0.29, 0.717) is 53.5 Å². The Kier molecular flexibility index (Phi) is 15.7. The minimum absolute atomic E-state index is 0.0230. The van der Waals surface area contributed by atoms with Crippen LogP contribution in [0.25, 0.3) is 44.3 Å². The lowest BCUT2D eigenvalue weighted by Gasteiger charge is -2.50. The summed E-state index contributed by atoms with van der Waals surface area (Å²) in [6, 6.07) is 16.7. The van der Waals surface area contributed by atoms with Crippen molar-refractivity contribution in [3.63, 3.8) is 0 Å². The average molecular weight is 1130 g/mol. The van der Waals surface area contributed by atoms with E-state index in [1.165, 1.54) is 62.2 Å². The lowest BCUT2D eigenvalue weighted by molar-refractivity contribution is -0.0620. The molecule has 0 amide bonds. The fourth-order valence-electron chi connectivity index (χ4n) is 13.9. The smallest absolute Gasteiger partial charge is 0.167 e. The van der Waals surface area contributed by atoms with Crippen molar-refractivity contribution in [2.24, 2.45) is 17.8 Å². The Balaban J connectivity index is 0.000000164. The van der Waals surface area contributed by atoms with Gasteiger partial charge in [0.05, 0.1) is 45.9 Å². The van der Waals surface area contributed by atoms with E-state index in [-0.39, 0.29) is 34.6 Å². The summed E-state index contributed by atoms with van der Waals surface area (Å²) < 4.78 is 9.85. The predicted molar refractivity (Wildman–Crippen MR) is 322 cm³/mol. The molecule has 1 saturated heterocycles. The van der Waals surface area contributed by atoms with Gasteiger partial charge in [-0.1, -0.05) is 60.1 Å². The number of fused-ring (bicyclic) bond motifs is 4. The van der Waals surface area contributed by atoms with Crippen molar-refractivity contribution in [3.8, 4) is 0 Å². The van der Waals surface area contributed by atoms with Gasteiger partial charge in [-0.3, -0.25) is 14.4 Å². The molecule has 1 aliphatic heterocycles. The van der Waals surface area contributed by atoms with Crippen molar-refractivity contribution in [1.29, 1.82) is 0 Å². The molecule has 13 rings (SSSR count). The highest BCUT2D eigenvalue weighted by Crippen LogP contribution is 2.44. The molecular formula is C63H87N15O5. The van der Waals surface area contributed by atoms with Gasteiger partial charge in [0.2, 0.25) is 0 Å². The van der Waals surface area contributed by atoms with E-state index in [9.17, 15) is 20.4 Å². The lowest BCUT2D eigenvalue weighted by atomic mass is 9.74. The zero-order chi connectivity index (χ0) is 58.2. The van der Waals surface area contributed by atoms with E-state index in [1.807, 2.05) is 16.8 Å². The fourth-order valence-corrected chi connectivity index (χ4v) is 13.9. The van der Waals surface area contributed by atoms with E-state index in [4.69, 9.17) is 26.2 Å². The molecule has 8 aromatic rings. The Bertz CT molecular complexity index is 3540. The average Bonchev–Trinajstić information content (AvgIpc) is 3.14. The number of aromatic nitrogens is 11. The van der Waals surface area contributed by atoms with E-state index >= 15 is 0 Å². The molecule has 4 saturated carbocycles. The fraction of sp³-hybridized carbons (Fsp3) is 0.603. The first-order valence-electron chi connectivity index (χ1n) is 30.5. The molecule has 2 aromatic carbocycles. The molecule has 444 valence electrons. The molecule has 7 heterocycles. The number of hydrogen-bond donors (Lipinski definition) is 8. The third kappa shape index (κ3) is 11.5. The van der Waals surface area contributed by atoms with Crippen molar-refractivity contribution < 1.29 is 25.2 Å². The summed E-state index contributed by atoms with van der Waals surface area (Å²) in [6.45, 7) is 19.1. The molecule has 5 aliphatic rings. The number of aryl methyl sites for hydroxylation is 2. The highest BCUT2D eigenvalue weighted by Gasteiger charge is 2.48. The van der Waals surface area contributed by atoms with Crippen molar-refractivity contribution in [3.05, 3.63) is 90.4 Å². The van der Waals surface area contributed by atoms with Crippen molar-refractivity contribution in [2.75, 3.05) is 24.6 Å². The van der Waals surface area contributed by atoms with E-state index in [1.54, 1.807) is 4.57 Å². The topological polar surface area (TPSA) is 280 Å². The summed E-state index contributed by atoms with van der Waals surface area (Å²) in [4.78, 5) is 43.0. The SMILES string of the molecule is CC(C)(C)c1ccc2nc(CCC3CC(N(C[C@H]4C[C@@H](n5ccc6c(N)ncnc65)[C@H](O)[C@@H]4O)C4CCC4)C3)[nH]c2c1.CC(C)N(C[C@H]1O[C@@H](n2cnc3c(N)ncnc32)[C@H](O)[C@@H]1O)C1CC(CCc2nc3ccc(C(C)(C)C)cc3[nH]2)C1. The number of aliphatic hydroxyl groups excluding tert-OH is 4. The number of aromatic amines is 2. The molecule has 0 bridgehead atoms. The number of benzene rings is 2. The van der Waals surface area contributed by atoms with Crippen LogP contribution in [-0.2, 0) is 28.4 Å². The Morgan fingerprint density at radius 2 is 1.24 bits per heavy atom. The van der Waals surface area contributed by atoms with Gasteiger partial charge >= 0.3 is 0 Å². The van der Waals surface area contributed by atoms with Gasteiger partial charge < -0.3 is 51.2 Å². The number of nitrogens with zero attached hydrogens (tertiary/aromatic N) is 11. The number of nitrogens with two attached hydrogens (primary N) is 2. The molecule has 0 radical (unpaired) electrons. The van der Waals surface area contributed by atoms with Gasteiger partial charge in [-0.05, 0) is 136 Å². The number of rotatable bonds is 16. The second-order valence-corrected chi connectivity index (χ2v) is 27.4. The van der Waals surface area contributed by atoms with Crippen LogP contribution < -0.4 is 11.5 Å². The third-order valence-electron chi connectivity index (χ3n) is 19.4. The van der Waals surface area contributed by atoms with Crippen LogP contribution in [0.1, 0.15) is 155 Å². The molecule has 20 nitrogen and oxygen atoms in total. The normalized spacial score (nSPS) is 27.7. The van der Waals surface area contributed by atoms with E-state index in [2.05, 4.69) is 136 Å². The van der Waals surface area contributed by atoms with Crippen LogP contribution in [0.2, 0.25) is 0 Å². The van der Waals surface area contributed by atoms with Crippen LogP contribution in [0.4, 0.5) is 11.6 Å². The van der Waals surface area contributed by atoms with E-state index in [0.717, 1.165) is 96.2 Å². The highest BCUT2D eigenvalue weighted by atomic mass is 16.6. The number of hydrogen-bond acceptors (Lipinski definition) is 16. The second kappa shape index (κ2) is 22.7. The van der Waals surface area contributed by atoms with Crippen LogP contribution >= 0.6 is 0 Å². The van der Waals surface area contributed by atoms with Crippen LogP contribution in [0.15, 0.2) is 67.6 Å². The molecular weight excluding hydrogens is 1050 g/mol. The molecule has 10 N–H and O–H groups in total. The van der Waals surface area contributed by atoms with Gasteiger partial charge in [-0.15, -0.1) is 0 Å². The maximum Gasteiger partial charge on any atom is 0.167 e. The minimum Gasteiger partial charge on any atom is -0.390 e. The van der Waals surface area contributed by atoms with Crippen LogP contribution in [0.5, 0.6) is 0 Å². The molecule has 20 heteroatoms. The summed E-state index contributed by atoms with van der Waals surface area (Å²) in [5.74, 6) is 4.21. The molecule has 8 atom stereocenters. The molecule has 6 aromatic heterocycles. The summed E-state index contributed by atoms with van der Waals surface area (Å²) in [5, 5.41) is 44.9. The lowest BCUT2D eigenvalue weighted by Crippen LogP contribution is -2.54. The zero-order valence-electron chi connectivity index (χ0n) is 49.6. The number of anilines is 2. The Morgan fingerprint density at radius 1 is 0.651 bits per heavy atom. The summed E-state index contributed by atoms with van der Waals surface area (Å²) in [5.41, 5.74) is 20.8. The van der Waals surface area contributed by atoms with Crippen LogP contribution in [0, 0.1) is 17.8 Å². The Hall–Kier alpha value is -6.13. The van der Waals surface area contributed by atoms with Gasteiger partial charge in [0.1, 0.15) is 65.7 Å². The van der Waals surface area contributed by atoms with Gasteiger partial charge in [-0.2, -0.15) is 0 Å². The van der Waals surface area contributed by atoms with Gasteiger partial charge in [0.25, 0.3) is 0 Å². The Morgan fingerprint density at radius 3 is 1.82 bits per heavy atom. The highest BCUT2D eigenvalue weighted by molar-refractivity contribution is 5.86. The number of nitrogens with one attached hydrogen (secondary N) is 2. The maximum atomic E-state index is 11.2. The van der Waals surface area contributed by atoms with Gasteiger partial charge in [0, 0.05) is 62.2 Å². The first-order valence-corrected chi connectivity index (χ1v) is 30.5. The second-order valence-electron chi connectivity index (χ2n) is 27.4. The maximum absolute atomic E-state index is 11.2. The first-order chi connectivity index (χ1) is 39.6. The van der Waals surface area contributed by atoms with Gasteiger partial charge in [0.15, 0.2) is 17.7 Å². The number of imidazole rings is 3. The molecule has 0 spiro atoms. The van der Waals surface area contributed by atoms with Crippen LogP contribution in [-0.4, -0.2) is 152 Å². The summed E-state index contributed by atoms with van der Waals surface area (Å²) in [6.07, 6.45) is 14.5. The monoisotopic (exact) mass is 1130 g/mol. The molecule has 0 unspecified atom stereocenters. The largest absolute Gasteiger partial charge is 0.390 e. The quantitative estimate of drug-likeness (QED) is 0.0454. The number of H-pyrrole nitrogens is 2. The van der Waals surface area contributed by atoms with Gasteiger partial charge in [-0.25, -0.2) is 34.9 Å². The molecule has 5 fully saturated rings. The van der Waals surface area contributed by atoms with Crippen molar-refractivity contribution in [1.82, 2.24) is 63.8 Å². The van der Waals surface area contributed by atoms with Crippen LogP contribution in [0.3, 0.4) is 0 Å².